The number of benzene rings is 1. The third kappa shape index (κ3) is 3.03. The fraction of sp³-hybridized carbons (Fsp3) is 0.533. The van der Waals surface area contributed by atoms with Gasteiger partial charge in [0.2, 0.25) is 5.91 Å². The van der Waals surface area contributed by atoms with Crippen LogP contribution in [0, 0.1) is 0 Å². The van der Waals surface area contributed by atoms with E-state index in [1.807, 2.05) is 17.0 Å². The van der Waals surface area contributed by atoms with Gasteiger partial charge in [0.25, 0.3) is 0 Å². The van der Waals surface area contributed by atoms with Crippen LogP contribution in [0.3, 0.4) is 0 Å². The predicted octanol–water partition coefficient (Wildman–Crippen LogP) is 2.77. The first-order valence-electron chi connectivity index (χ1n) is 6.84. The van der Waals surface area contributed by atoms with Crippen molar-refractivity contribution < 1.29 is 4.79 Å². The lowest BCUT2D eigenvalue weighted by Crippen LogP contribution is -2.38. The molecular weight excluding hydrogens is 224 g/mol. The average Bonchev–Trinajstić information content (AvgIpc) is 2.40. The number of nitrogens with zero attached hydrogens (tertiary/aromatic N) is 1. The number of likely N-dealkylation sites (tertiary alicyclic amines) is 1. The number of rotatable bonds is 3. The molecule has 1 fully saturated rings. The maximum absolute atomic E-state index is 11.9. The fourth-order valence-corrected chi connectivity index (χ4v) is 2.62. The molecule has 1 aliphatic heterocycles. The minimum Gasteiger partial charge on any atom is -0.399 e. The Morgan fingerprint density at radius 2 is 2.11 bits per heavy atom. The van der Waals surface area contributed by atoms with Crippen LogP contribution in [0.1, 0.15) is 44.1 Å². The van der Waals surface area contributed by atoms with Gasteiger partial charge in [-0.3, -0.25) is 4.79 Å². The van der Waals surface area contributed by atoms with Gasteiger partial charge < -0.3 is 10.6 Å². The van der Waals surface area contributed by atoms with Gasteiger partial charge in [-0.1, -0.05) is 19.1 Å². The highest BCUT2D eigenvalue weighted by molar-refractivity contribution is 5.76. The van der Waals surface area contributed by atoms with Crippen LogP contribution in [0.2, 0.25) is 0 Å². The van der Waals surface area contributed by atoms with Gasteiger partial charge in [0.15, 0.2) is 0 Å². The molecule has 1 aliphatic rings. The second-order valence-corrected chi connectivity index (χ2v) is 5.10. The summed E-state index contributed by atoms with van der Waals surface area (Å²) in [6, 6.07) is 8.08. The number of anilines is 1. The molecule has 1 heterocycles. The molecular formula is C15H22N2O. The molecule has 1 atom stereocenters. The Hall–Kier alpha value is -1.51. The highest BCUT2D eigenvalue weighted by Gasteiger charge is 2.23. The van der Waals surface area contributed by atoms with Gasteiger partial charge in [-0.2, -0.15) is 0 Å². The van der Waals surface area contributed by atoms with Crippen LogP contribution >= 0.6 is 0 Å². The van der Waals surface area contributed by atoms with Crippen molar-refractivity contribution in [2.45, 2.75) is 38.5 Å². The molecule has 0 radical (unpaired) electrons. The normalized spacial score (nSPS) is 19.8. The highest BCUT2D eigenvalue weighted by Crippen LogP contribution is 2.27. The lowest BCUT2D eigenvalue weighted by molar-refractivity contribution is -0.132. The van der Waals surface area contributed by atoms with Gasteiger partial charge in [-0.15, -0.1) is 0 Å². The number of nitrogens with two attached hydrogens (primary N) is 1. The van der Waals surface area contributed by atoms with Gasteiger partial charge >= 0.3 is 0 Å². The quantitative estimate of drug-likeness (QED) is 0.834. The molecule has 1 amide bonds. The second-order valence-electron chi connectivity index (χ2n) is 5.10. The number of carbonyl (C=O) groups excluding carboxylic acids is 1. The molecule has 98 valence electrons. The Labute approximate surface area is 109 Å². The van der Waals surface area contributed by atoms with Gasteiger partial charge in [-0.05, 0) is 37.0 Å². The first kappa shape index (κ1) is 12.9. The molecule has 1 aromatic rings. The summed E-state index contributed by atoms with van der Waals surface area (Å²) in [5.74, 6) is 0.776. The summed E-state index contributed by atoms with van der Waals surface area (Å²) in [4.78, 5) is 14.0. The van der Waals surface area contributed by atoms with E-state index >= 15 is 0 Å². The largest absolute Gasteiger partial charge is 0.399 e. The molecule has 2 N–H and O–H groups in total. The van der Waals surface area contributed by atoms with E-state index in [-0.39, 0.29) is 0 Å². The van der Waals surface area contributed by atoms with E-state index < -0.39 is 0 Å². The number of hydrogen-bond donors (Lipinski definition) is 1. The molecule has 0 aromatic heterocycles. The van der Waals surface area contributed by atoms with Crippen LogP contribution in [-0.4, -0.2) is 23.9 Å². The maximum atomic E-state index is 11.9. The summed E-state index contributed by atoms with van der Waals surface area (Å²) < 4.78 is 0. The van der Waals surface area contributed by atoms with Crippen molar-refractivity contribution in [2.24, 2.45) is 0 Å². The number of hydrogen-bond acceptors (Lipinski definition) is 2. The molecule has 3 nitrogen and oxygen atoms in total. The van der Waals surface area contributed by atoms with Crippen molar-refractivity contribution in [3.8, 4) is 0 Å². The molecule has 0 bridgehead atoms. The van der Waals surface area contributed by atoms with Crippen LogP contribution in [0.25, 0.3) is 0 Å². The van der Waals surface area contributed by atoms with E-state index in [2.05, 4.69) is 19.1 Å². The highest BCUT2D eigenvalue weighted by atomic mass is 16.2. The minimum absolute atomic E-state index is 0.303. The standard InChI is InChI=1S/C15H22N2O/c1-2-4-15(18)17-10-3-5-13(11-17)12-6-8-14(16)9-7-12/h6-9,13H,2-5,10-11,16H2,1H3. The van der Waals surface area contributed by atoms with Crippen molar-refractivity contribution in [3.63, 3.8) is 0 Å². The predicted molar refractivity (Wildman–Crippen MR) is 74.3 cm³/mol. The fourth-order valence-electron chi connectivity index (χ4n) is 2.62. The lowest BCUT2D eigenvalue weighted by Gasteiger charge is -2.33. The monoisotopic (exact) mass is 246 g/mol. The van der Waals surface area contributed by atoms with Crippen molar-refractivity contribution in [1.82, 2.24) is 4.90 Å². The summed E-state index contributed by atoms with van der Waals surface area (Å²) in [7, 11) is 0. The smallest absolute Gasteiger partial charge is 0.222 e. The van der Waals surface area contributed by atoms with Crippen LogP contribution in [0.15, 0.2) is 24.3 Å². The van der Waals surface area contributed by atoms with E-state index in [4.69, 9.17) is 5.73 Å². The minimum atomic E-state index is 0.303. The molecule has 1 saturated heterocycles. The van der Waals surface area contributed by atoms with Crippen LogP contribution in [0.5, 0.6) is 0 Å². The van der Waals surface area contributed by atoms with E-state index in [0.717, 1.165) is 31.6 Å². The number of piperidine rings is 1. The topological polar surface area (TPSA) is 46.3 Å². The summed E-state index contributed by atoms with van der Waals surface area (Å²) in [5.41, 5.74) is 7.81. The molecule has 2 rings (SSSR count). The van der Waals surface area contributed by atoms with Gasteiger partial charge in [0, 0.05) is 31.1 Å². The molecule has 1 unspecified atom stereocenters. The number of nitrogen functional groups attached to an aromatic ring is 1. The molecule has 3 heteroatoms. The van der Waals surface area contributed by atoms with Gasteiger partial charge in [0.1, 0.15) is 0 Å². The Kier molecular flexibility index (Phi) is 4.24. The van der Waals surface area contributed by atoms with Gasteiger partial charge in [-0.25, -0.2) is 0 Å². The summed E-state index contributed by atoms with van der Waals surface area (Å²) in [5, 5.41) is 0. The molecule has 0 aliphatic carbocycles. The zero-order chi connectivity index (χ0) is 13.0. The van der Waals surface area contributed by atoms with E-state index in [1.54, 1.807) is 0 Å². The zero-order valence-corrected chi connectivity index (χ0v) is 11.1. The average molecular weight is 246 g/mol. The third-order valence-corrected chi connectivity index (χ3v) is 3.65. The third-order valence-electron chi connectivity index (χ3n) is 3.65. The molecule has 0 spiro atoms. The van der Waals surface area contributed by atoms with Crippen molar-refractivity contribution in [2.75, 3.05) is 18.8 Å². The van der Waals surface area contributed by atoms with Gasteiger partial charge in [0.05, 0.1) is 0 Å². The van der Waals surface area contributed by atoms with E-state index in [1.165, 1.54) is 12.0 Å². The van der Waals surface area contributed by atoms with E-state index in [9.17, 15) is 4.79 Å². The number of amides is 1. The number of carbonyl (C=O) groups is 1. The summed E-state index contributed by atoms with van der Waals surface area (Å²) in [6.45, 7) is 3.84. The van der Waals surface area contributed by atoms with Crippen molar-refractivity contribution >= 4 is 11.6 Å². The lowest BCUT2D eigenvalue weighted by atomic mass is 9.90. The SMILES string of the molecule is CCCC(=O)N1CCCC(c2ccc(N)cc2)C1. The molecule has 1 aromatic carbocycles. The Morgan fingerprint density at radius 3 is 2.78 bits per heavy atom. The Morgan fingerprint density at radius 1 is 1.39 bits per heavy atom. The first-order valence-corrected chi connectivity index (χ1v) is 6.84. The summed E-state index contributed by atoms with van der Waals surface area (Å²) >= 11 is 0. The summed E-state index contributed by atoms with van der Waals surface area (Å²) in [6.07, 6.45) is 3.88. The van der Waals surface area contributed by atoms with Crippen molar-refractivity contribution in [3.05, 3.63) is 29.8 Å². The van der Waals surface area contributed by atoms with E-state index in [0.29, 0.717) is 18.2 Å². The zero-order valence-electron chi connectivity index (χ0n) is 11.1. The van der Waals surface area contributed by atoms with Crippen molar-refractivity contribution in [1.29, 1.82) is 0 Å². The molecule has 0 saturated carbocycles. The van der Waals surface area contributed by atoms with Crippen LogP contribution < -0.4 is 5.73 Å². The maximum Gasteiger partial charge on any atom is 0.222 e. The molecule has 18 heavy (non-hydrogen) atoms. The second kappa shape index (κ2) is 5.89. The van der Waals surface area contributed by atoms with Crippen LogP contribution in [0.4, 0.5) is 5.69 Å². The Bertz CT molecular complexity index is 399. The first-order chi connectivity index (χ1) is 8.70. The Balaban J connectivity index is 2.02. The van der Waals surface area contributed by atoms with Crippen LogP contribution in [-0.2, 0) is 4.79 Å².